The van der Waals surface area contributed by atoms with Gasteiger partial charge in [-0.25, -0.2) is 14.4 Å². The van der Waals surface area contributed by atoms with Crippen LogP contribution >= 0.6 is 0 Å². The van der Waals surface area contributed by atoms with Gasteiger partial charge in [-0.1, -0.05) is 71.3 Å². The molecule has 0 spiro atoms. The Hall–Kier alpha value is -7.91. The summed E-state index contributed by atoms with van der Waals surface area (Å²) in [4.78, 5) is 124. The molecule has 76 heavy (non-hydrogen) atoms. The highest BCUT2D eigenvalue weighted by Crippen LogP contribution is 2.39. The van der Waals surface area contributed by atoms with E-state index in [4.69, 9.17) is 47.4 Å². The number of fused-ring (bicyclic) bond motifs is 1. The number of hydrogen-bond acceptors (Lipinski definition) is 19. The zero-order chi connectivity index (χ0) is 54.8. The monoisotopic (exact) mass is 1050 g/mol. The van der Waals surface area contributed by atoms with Gasteiger partial charge in [0.05, 0.1) is 40.8 Å². The Labute approximate surface area is 437 Å². The zero-order valence-corrected chi connectivity index (χ0v) is 42.5. The van der Waals surface area contributed by atoms with E-state index in [2.05, 4.69) is 6.58 Å². The van der Waals surface area contributed by atoms with E-state index in [1.54, 1.807) is 57.2 Å². The third-order valence-electron chi connectivity index (χ3n) is 12.4. The summed E-state index contributed by atoms with van der Waals surface area (Å²) in [6.45, 7) is 10.8. The van der Waals surface area contributed by atoms with Gasteiger partial charge < -0.3 is 52.2 Å². The molecule has 400 valence electrons. The van der Waals surface area contributed by atoms with Gasteiger partial charge in [0.1, 0.15) is 43.4 Å². The first kappa shape index (κ1) is 55.8. The molecular formula is C56H57NO19. The van der Waals surface area contributed by atoms with E-state index in [-0.39, 0.29) is 53.0 Å². The predicted octanol–water partition coefficient (Wildman–Crippen LogP) is 5.70. The van der Waals surface area contributed by atoms with Crippen molar-refractivity contribution in [2.45, 2.75) is 116 Å². The first-order valence-corrected chi connectivity index (χ1v) is 24.3. The van der Waals surface area contributed by atoms with Crippen molar-refractivity contribution < 1.29 is 90.5 Å². The molecule has 0 unspecified atom stereocenters. The lowest BCUT2D eigenvalue weighted by atomic mass is 9.93. The fourth-order valence-corrected chi connectivity index (χ4v) is 8.61. The van der Waals surface area contributed by atoms with E-state index in [9.17, 15) is 43.2 Å². The summed E-state index contributed by atoms with van der Waals surface area (Å²) in [5.74, 6) is -7.70. The van der Waals surface area contributed by atoms with Gasteiger partial charge in [-0.2, -0.15) is 0 Å². The van der Waals surface area contributed by atoms with Gasteiger partial charge in [0.15, 0.2) is 37.0 Å². The van der Waals surface area contributed by atoms with Crippen molar-refractivity contribution in [3.63, 3.8) is 0 Å². The number of esters is 6. The molecule has 3 aliphatic rings. The molecule has 0 bridgehead atoms. The molecule has 0 aromatic heterocycles. The van der Waals surface area contributed by atoms with Crippen molar-refractivity contribution in [1.82, 2.24) is 4.90 Å². The highest BCUT2D eigenvalue weighted by molar-refractivity contribution is 6.21. The largest absolute Gasteiger partial charge is 0.463 e. The van der Waals surface area contributed by atoms with E-state index >= 15 is 0 Å². The van der Waals surface area contributed by atoms with Gasteiger partial charge >= 0.3 is 35.8 Å². The maximum Gasteiger partial charge on any atom is 0.338 e. The highest BCUT2D eigenvalue weighted by Gasteiger charge is 2.60. The van der Waals surface area contributed by atoms with Crippen LogP contribution in [0.3, 0.4) is 0 Å². The Bertz CT molecular complexity index is 2790. The van der Waals surface area contributed by atoms with Crippen molar-refractivity contribution in [3.8, 4) is 0 Å². The fraction of sp³-hybridized carbons (Fsp3) is 0.375. The number of imide groups is 1. The second kappa shape index (κ2) is 25.1. The van der Waals surface area contributed by atoms with Gasteiger partial charge in [-0.3, -0.25) is 28.9 Å². The van der Waals surface area contributed by atoms with Gasteiger partial charge in [0.25, 0.3) is 11.8 Å². The van der Waals surface area contributed by atoms with E-state index in [1.165, 1.54) is 73.7 Å². The van der Waals surface area contributed by atoms with Gasteiger partial charge in [0.2, 0.25) is 0 Å². The lowest BCUT2D eigenvalue weighted by Crippen LogP contribution is -2.70. The summed E-state index contributed by atoms with van der Waals surface area (Å²) in [5, 5.41) is 0. The Morgan fingerprint density at radius 2 is 0.987 bits per heavy atom. The van der Waals surface area contributed by atoms with E-state index in [0.717, 1.165) is 35.4 Å². The van der Waals surface area contributed by atoms with Crippen LogP contribution in [-0.4, -0.2) is 139 Å². The van der Waals surface area contributed by atoms with Crippen LogP contribution in [0.5, 0.6) is 0 Å². The van der Waals surface area contributed by atoms with Crippen molar-refractivity contribution >= 4 is 53.4 Å². The molecular weight excluding hydrogens is 991 g/mol. The number of hydrogen-bond donors (Lipinski definition) is 0. The second-order valence-corrected chi connectivity index (χ2v) is 18.3. The smallest absolute Gasteiger partial charge is 0.338 e. The SMILES string of the molecule is C=CCO[C@@H]1O[C@H](COC(C)=O)[C@H](OC(C)=O)[C@H](O[C@@H]2O[C@H](COC(=O)CCC(C)=O)[C@@H](OC(=O)c3ccc(C)cc3)[C@H](OC(=O)c3ccc(C)cc3)[C@H]2OC(=O)c2ccc(C)cc2)[C@H]1N1C(=O)c2ccccc2C1=O. The minimum atomic E-state index is -2.10. The average Bonchev–Trinajstić information content (AvgIpc) is 3.64. The molecule has 20 heteroatoms. The molecule has 20 nitrogen and oxygen atoms in total. The van der Waals surface area contributed by atoms with Crippen LogP contribution in [0.2, 0.25) is 0 Å². The highest BCUT2D eigenvalue weighted by atomic mass is 16.8. The molecule has 4 aromatic rings. The van der Waals surface area contributed by atoms with Crippen LogP contribution in [0.25, 0.3) is 0 Å². The third kappa shape index (κ3) is 13.5. The zero-order valence-electron chi connectivity index (χ0n) is 42.5. The summed E-state index contributed by atoms with van der Waals surface area (Å²) in [7, 11) is 0. The molecule has 0 saturated carbocycles. The number of aryl methyl sites for hydroxylation is 3. The molecule has 3 aliphatic heterocycles. The topological polar surface area (TPSA) is 249 Å². The predicted molar refractivity (Wildman–Crippen MR) is 263 cm³/mol. The van der Waals surface area contributed by atoms with Crippen LogP contribution in [0.15, 0.2) is 110 Å². The lowest BCUT2D eigenvalue weighted by molar-refractivity contribution is -0.347. The molecule has 3 heterocycles. The van der Waals surface area contributed by atoms with Crippen LogP contribution in [0.4, 0.5) is 0 Å². The molecule has 0 radical (unpaired) electrons. The summed E-state index contributed by atoms with van der Waals surface area (Å²) >= 11 is 0. The number of Topliss-reactive ketones (excluding diaryl/α,β-unsaturated/α-hetero) is 1. The van der Waals surface area contributed by atoms with E-state index < -0.39 is 122 Å². The molecule has 0 aliphatic carbocycles. The molecule has 2 amide bonds. The van der Waals surface area contributed by atoms with Crippen LogP contribution in [-0.2, 0) is 66.5 Å². The maximum absolute atomic E-state index is 14.6. The van der Waals surface area contributed by atoms with Crippen LogP contribution in [0.1, 0.15) is 102 Å². The van der Waals surface area contributed by atoms with Gasteiger partial charge in [-0.05, 0) is 76.2 Å². The number of ketones is 1. The quantitative estimate of drug-likeness (QED) is 0.0446. The number of ether oxygens (including phenoxy) is 10. The standard InChI is InChI=1S/C56H57NO19/c1-8-27-67-55-44(57-50(62)39-11-9-10-12-40(39)51(57)63)47(45(70-35(7)60)41(71-55)28-68-34(6)59)76-56-49(75-54(66)38-24-17-32(4)18-25-38)48(74-53(65)37-22-15-31(3)16-23-37)46(73-52(64)36-20-13-30(2)14-21-36)42(72-56)29-69-43(61)26-19-33(5)58/h8-18,20-25,41-42,44-49,55-56H,1,19,26-29H2,2-7H3/t41-,42-,44-,45+,46-,47-,48+,49-,55-,56+/m1/s1. The molecule has 2 fully saturated rings. The van der Waals surface area contributed by atoms with Crippen LogP contribution < -0.4 is 0 Å². The first-order valence-electron chi connectivity index (χ1n) is 24.3. The fourth-order valence-electron chi connectivity index (χ4n) is 8.61. The second-order valence-electron chi connectivity index (χ2n) is 18.3. The van der Waals surface area contributed by atoms with Gasteiger partial charge in [0, 0.05) is 20.3 Å². The molecule has 10 atom stereocenters. The Morgan fingerprint density at radius 3 is 1.45 bits per heavy atom. The average molecular weight is 1050 g/mol. The molecule has 2 saturated heterocycles. The van der Waals surface area contributed by atoms with Gasteiger partial charge in [-0.15, -0.1) is 6.58 Å². The maximum atomic E-state index is 14.6. The minimum absolute atomic E-state index is 0.00504. The summed E-state index contributed by atoms with van der Waals surface area (Å²) in [6.07, 6.45) is -15.6. The number of carbonyl (C=O) groups excluding carboxylic acids is 9. The van der Waals surface area contributed by atoms with Crippen molar-refractivity contribution in [1.29, 1.82) is 0 Å². The Kier molecular flexibility index (Phi) is 18.4. The molecule has 7 rings (SSSR count). The van der Waals surface area contributed by atoms with Crippen molar-refractivity contribution in [2.75, 3.05) is 19.8 Å². The lowest BCUT2D eigenvalue weighted by Gasteiger charge is -2.50. The first-order chi connectivity index (χ1) is 36.3. The number of nitrogens with zero attached hydrogens (tertiary/aromatic N) is 1. The van der Waals surface area contributed by atoms with E-state index in [0.29, 0.717) is 0 Å². The summed E-state index contributed by atoms with van der Waals surface area (Å²) in [5.41, 5.74) is 2.32. The number of carbonyl (C=O) groups is 9. The Morgan fingerprint density at radius 1 is 0.539 bits per heavy atom. The molecule has 4 aromatic carbocycles. The summed E-state index contributed by atoms with van der Waals surface area (Å²) in [6, 6.07) is 22.8. The van der Waals surface area contributed by atoms with Crippen molar-refractivity contribution in [2.24, 2.45) is 0 Å². The normalized spacial score (nSPS) is 23.8. The Balaban J connectivity index is 1.44. The number of amides is 2. The third-order valence-corrected chi connectivity index (χ3v) is 12.4. The number of benzene rings is 4. The summed E-state index contributed by atoms with van der Waals surface area (Å²) < 4.78 is 61.6. The molecule has 0 N–H and O–H groups in total. The van der Waals surface area contributed by atoms with Crippen LogP contribution in [0, 0.1) is 20.8 Å². The van der Waals surface area contributed by atoms with E-state index in [1.807, 2.05) is 0 Å². The minimum Gasteiger partial charge on any atom is -0.463 e. The number of rotatable bonds is 20. The van der Waals surface area contributed by atoms with Crippen molar-refractivity contribution in [3.05, 3.63) is 154 Å².